The van der Waals surface area contributed by atoms with Crippen molar-refractivity contribution in [3.8, 4) is 0 Å². The first-order valence-electron chi connectivity index (χ1n) is 6.59. The molecule has 2 atom stereocenters. The van der Waals surface area contributed by atoms with Crippen molar-refractivity contribution in [3.63, 3.8) is 0 Å². The fourth-order valence-corrected chi connectivity index (χ4v) is 2.31. The van der Waals surface area contributed by atoms with Gasteiger partial charge in [-0.15, -0.1) is 5.10 Å². The highest BCUT2D eigenvalue weighted by molar-refractivity contribution is 4.97. The Morgan fingerprint density at radius 1 is 1.39 bits per heavy atom. The number of aliphatic hydroxyl groups is 1. The smallest absolute Gasteiger partial charge is 0.204 e. The molecule has 0 saturated heterocycles. The Labute approximate surface area is 107 Å². The van der Waals surface area contributed by atoms with Gasteiger partial charge in [-0.1, -0.05) is 5.21 Å². The van der Waals surface area contributed by atoms with E-state index in [4.69, 9.17) is 9.47 Å². The molecule has 1 aliphatic rings. The van der Waals surface area contributed by atoms with E-state index in [1.165, 1.54) is 0 Å². The van der Waals surface area contributed by atoms with Gasteiger partial charge in [0.2, 0.25) is 6.29 Å². The van der Waals surface area contributed by atoms with Gasteiger partial charge in [-0.3, -0.25) is 0 Å². The second-order valence-corrected chi connectivity index (χ2v) is 4.43. The molecule has 1 fully saturated rings. The van der Waals surface area contributed by atoms with Gasteiger partial charge in [-0.2, -0.15) is 0 Å². The molecule has 1 aliphatic carbocycles. The van der Waals surface area contributed by atoms with Crippen LogP contribution in [-0.4, -0.2) is 39.4 Å². The van der Waals surface area contributed by atoms with Crippen LogP contribution < -0.4 is 0 Å². The maximum Gasteiger partial charge on any atom is 0.204 e. The summed E-state index contributed by atoms with van der Waals surface area (Å²) in [4.78, 5) is 0. The van der Waals surface area contributed by atoms with E-state index in [0.29, 0.717) is 18.9 Å². The molecule has 6 heteroatoms. The largest absolute Gasteiger partial charge is 0.391 e. The van der Waals surface area contributed by atoms with Gasteiger partial charge in [0, 0.05) is 13.2 Å². The Morgan fingerprint density at radius 2 is 2.11 bits per heavy atom. The molecule has 2 rings (SSSR count). The van der Waals surface area contributed by atoms with Gasteiger partial charge in [-0.05, 0) is 33.1 Å². The summed E-state index contributed by atoms with van der Waals surface area (Å²) in [6.45, 7) is 4.95. The SMILES string of the molecule is CCOC(OCC)c1cn(C2CCCC2O)nn1. The van der Waals surface area contributed by atoms with Crippen LogP contribution in [0.3, 0.4) is 0 Å². The summed E-state index contributed by atoms with van der Waals surface area (Å²) in [6, 6.07) is 0.0372. The number of ether oxygens (including phenoxy) is 2. The number of nitrogens with zero attached hydrogens (tertiary/aromatic N) is 3. The van der Waals surface area contributed by atoms with E-state index in [1.54, 1.807) is 4.68 Å². The number of hydrogen-bond acceptors (Lipinski definition) is 5. The highest BCUT2D eigenvalue weighted by Crippen LogP contribution is 2.30. The average Bonchev–Trinajstić information content (AvgIpc) is 2.97. The minimum Gasteiger partial charge on any atom is -0.391 e. The Morgan fingerprint density at radius 3 is 2.67 bits per heavy atom. The predicted molar refractivity (Wildman–Crippen MR) is 64.9 cm³/mol. The van der Waals surface area contributed by atoms with Crippen molar-refractivity contribution < 1.29 is 14.6 Å². The minimum absolute atomic E-state index is 0.0372. The maximum atomic E-state index is 9.85. The van der Waals surface area contributed by atoms with Crippen molar-refractivity contribution in [2.75, 3.05) is 13.2 Å². The molecule has 1 heterocycles. The van der Waals surface area contributed by atoms with E-state index in [1.807, 2.05) is 20.0 Å². The van der Waals surface area contributed by atoms with Crippen LogP contribution in [-0.2, 0) is 9.47 Å². The molecular weight excluding hydrogens is 234 g/mol. The quantitative estimate of drug-likeness (QED) is 0.779. The van der Waals surface area contributed by atoms with E-state index in [2.05, 4.69) is 10.3 Å². The summed E-state index contributed by atoms with van der Waals surface area (Å²) in [5.41, 5.74) is 0.665. The highest BCUT2D eigenvalue weighted by Gasteiger charge is 2.28. The molecule has 18 heavy (non-hydrogen) atoms. The Kier molecular flexibility index (Phi) is 4.68. The van der Waals surface area contributed by atoms with Crippen LogP contribution in [0.4, 0.5) is 0 Å². The average molecular weight is 255 g/mol. The molecule has 6 nitrogen and oxygen atoms in total. The van der Waals surface area contributed by atoms with E-state index < -0.39 is 6.29 Å². The molecule has 0 aromatic carbocycles. The highest BCUT2D eigenvalue weighted by atomic mass is 16.7. The third-order valence-electron chi connectivity index (χ3n) is 3.19. The van der Waals surface area contributed by atoms with Crippen molar-refractivity contribution in [2.24, 2.45) is 0 Å². The zero-order valence-electron chi connectivity index (χ0n) is 11.0. The monoisotopic (exact) mass is 255 g/mol. The normalized spacial score (nSPS) is 24.0. The number of aromatic nitrogens is 3. The van der Waals surface area contributed by atoms with Crippen LogP contribution in [0.5, 0.6) is 0 Å². The summed E-state index contributed by atoms with van der Waals surface area (Å²) in [6.07, 6.45) is 3.83. The lowest BCUT2D eigenvalue weighted by Gasteiger charge is -2.15. The fourth-order valence-electron chi connectivity index (χ4n) is 2.31. The summed E-state index contributed by atoms with van der Waals surface area (Å²) in [7, 11) is 0. The van der Waals surface area contributed by atoms with Crippen molar-refractivity contribution in [3.05, 3.63) is 11.9 Å². The van der Waals surface area contributed by atoms with Crippen LogP contribution in [0.2, 0.25) is 0 Å². The molecule has 0 amide bonds. The lowest BCUT2D eigenvalue weighted by atomic mass is 10.2. The standard InChI is InChI=1S/C12H21N3O3/c1-3-17-12(18-4-2)9-8-15(14-13-9)10-6-5-7-11(10)16/h8,10-12,16H,3-7H2,1-2H3. The van der Waals surface area contributed by atoms with Crippen molar-refractivity contribution in [1.82, 2.24) is 15.0 Å². The third-order valence-corrected chi connectivity index (χ3v) is 3.19. The predicted octanol–water partition coefficient (Wildman–Crippen LogP) is 1.44. The molecule has 0 spiro atoms. The lowest BCUT2D eigenvalue weighted by molar-refractivity contribution is -0.142. The van der Waals surface area contributed by atoms with Crippen LogP contribution in [0, 0.1) is 0 Å². The molecule has 0 bridgehead atoms. The summed E-state index contributed by atoms with van der Waals surface area (Å²) in [5, 5.41) is 18.0. The Balaban J connectivity index is 2.08. The fraction of sp³-hybridized carbons (Fsp3) is 0.833. The number of hydrogen-bond donors (Lipinski definition) is 1. The third kappa shape index (κ3) is 2.88. The molecule has 1 saturated carbocycles. The van der Waals surface area contributed by atoms with Gasteiger partial charge in [0.25, 0.3) is 0 Å². The minimum atomic E-state index is -0.465. The molecule has 1 N–H and O–H groups in total. The van der Waals surface area contributed by atoms with Gasteiger partial charge in [-0.25, -0.2) is 4.68 Å². The molecule has 0 aliphatic heterocycles. The van der Waals surface area contributed by atoms with E-state index in [-0.39, 0.29) is 12.1 Å². The van der Waals surface area contributed by atoms with Crippen molar-refractivity contribution in [2.45, 2.75) is 51.5 Å². The van der Waals surface area contributed by atoms with E-state index >= 15 is 0 Å². The van der Waals surface area contributed by atoms with Gasteiger partial charge in [0.05, 0.1) is 18.3 Å². The van der Waals surface area contributed by atoms with E-state index in [9.17, 15) is 5.11 Å². The maximum absolute atomic E-state index is 9.85. The Bertz CT molecular complexity index is 363. The molecule has 1 aromatic heterocycles. The molecule has 102 valence electrons. The Hall–Kier alpha value is -0.980. The van der Waals surface area contributed by atoms with Gasteiger partial charge >= 0.3 is 0 Å². The van der Waals surface area contributed by atoms with Crippen LogP contribution in [0.25, 0.3) is 0 Å². The van der Waals surface area contributed by atoms with Gasteiger partial charge < -0.3 is 14.6 Å². The van der Waals surface area contributed by atoms with Crippen LogP contribution >= 0.6 is 0 Å². The summed E-state index contributed by atoms with van der Waals surface area (Å²) in [5.74, 6) is 0. The number of rotatable bonds is 6. The molecular formula is C12H21N3O3. The first-order valence-corrected chi connectivity index (χ1v) is 6.59. The second kappa shape index (κ2) is 6.26. The first-order chi connectivity index (χ1) is 8.76. The number of aliphatic hydroxyl groups excluding tert-OH is 1. The van der Waals surface area contributed by atoms with Crippen LogP contribution in [0.15, 0.2) is 6.20 Å². The molecule has 0 radical (unpaired) electrons. The first kappa shape index (κ1) is 13.5. The molecule has 2 unspecified atom stereocenters. The molecule has 1 aromatic rings. The van der Waals surface area contributed by atoms with Gasteiger partial charge in [0.1, 0.15) is 5.69 Å². The zero-order valence-corrected chi connectivity index (χ0v) is 11.0. The van der Waals surface area contributed by atoms with Crippen LogP contribution in [0.1, 0.15) is 51.1 Å². The topological polar surface area (TPSA) is 69.4 Å². The van der Waals surface area contributed by atoms with Crippen molar-refractivity contribution >= 4 is 0 Å². The van der Waals surface area contributed by atoms with E-state index in [0.717, 1.165) is 19.3 Å². The summed E-state index contributed by atoms with van der Waals surface area (Å²) < 4.78 is 12.7. The van der Waals surface area contributed by atoms with Gasteiger partial charge in [0.15, 0.2) is 0 Å². The van der Waals surface area contributed by atoms with Crippen molar-refractivity contribution in [1.29, 1.82) is 0 Å². The lowest BCUT2D eigenvalue weighted by Crippen LogP contribution is -2.18. The zero-order chi connectivity index (χ0) is 13.0. The second-order valence-electron chi connectivity index (χ2n) is 4.43. The summed E-state index contributed by atoms with van der Waals surface area (Å²) >= 11 is 0.